The van der Waals surface area contributed by atoms with Gasteiger partial charge in [0.2, 0.25) is 0 Å². The van der Waals surface area contributed by atoms with Gasteiger partial charge in [-0.1, -0.05) is 0 Å². The van der Waals surface area contributed by atoms with E-state index in [9.17, 15) is 0 Å². The van der Waals surface area contributed by atoms with Gasteiger partial charge in [0.1, 0.15) is 0 Å². The van der Waals surface area contributed by atoms with Gasteiger partial charge in [-0.2, -0.15) is 0 Å². The van der Waals surface area contributed by atoms with Crippen LogP contribution in [-0.2, 0) is 0 Å². The Morgan fingerprint density at radius 1 is 1.25 bits per heavy atom. The molecule has 4 bridgehead atoms. The highest BCUT2D eigenvalue weighted by molar-refractivity contribution is 9.11. The molecule has 3 heteroatoms. The van der Waals surface area contributed by atoms with Crippen LogP contribution < -0.4 is 5.73 Å². The first kappa shape index (κ1) is 13.8. The molecule has 1 aromatic rings. The summed E-state index contributed by atoms with van der Waals surface area (Å²) in [7, 11) is 0. The molecule has 4 aliphatic carbocycles. The molecule has 110 valence electrons. The molecule has 2 N–H and O–H groups in total. The molecule has 5 rings (SSSR count). The SMILES string of the molecule is Cc1cc(C(N)CC23CC4CC(CC(C4)C2)C3)sc1Br. The quantitative estimate of drug-likeness (QED) is 0.770. The first-order valence-corrected chi connectivity index (χ1v) is 9.65. The molecule has 1 aromatic heterocycles. The van der Waals surface area contributed by atoms with Crippen LogP contribution in [0.2, 0.25) is 0 Å². The number of halogens is 1. The molecule has 4 fully saturated rings. The summed E-state index contributed by atoms with van der Waals surface area (Å²) >= 11 is 5.48. The largest absolute Gasteiger partial charge is 0.323 e. The lowest BCUT2D eigenvalue weighted by Crippen LogP contribution is -2.47. The third kappa shape index (κ3) is 2.30. The number of rotatable bonds is 3. The molecule has 0 aliphatic heterocycles. The van der Waals surface area contributed by atoms with E-state index in [-0.39, 0.29) is 6.04 Å². The van der Waals surface area contributed by atoms with E-state index in [0.717, 1.165) is 17.8 Å². The standard InChI is InChI=1S/C17H24BrNS/c1-10-2-15(20-16(10)18)14(19)9-17-6-11-3-12(7-17)5-13(4-11)8-17/h2,11-14H,3-9,19H2,1H3. The summed E-state index contributed by atoms with van der Waals surface area (Å²) in [5, 5.41) is 0. The predicted octanol–water partition coefficient (Wildman–Crippen LogP) is 5.43. The van der Waals surface area contributed by atoms with E-state index < -0.39 is 0 Å². The van der Waals surface area contributed by atoms with Crippen molar-refractivity contribution in [3.8, 4) is 0 Å². The van der Waals surface area contributed by atoms with Gasteiger partial charge in [0, 0.05) is 10.9 Å². The van der Waals surface area contributed by atoms with Gasteiger partial charge in [0.25, 0.3) is 0 Å². The van der Waals surface area contributed by atoms with Gasteiger partial charge in [-0.25, -0.2) is 0 Å². The monoisotopic (exact) mass is 353 g/mol. The maximum absolute atomic E-state index is 6.59. The highest BCUT2D eigenvalue weighted by atomic mass is 79.9. The topological polar surface area (TPSA) is 26.0 Å². The van der Waals surface area contributed by atoms with Crippen molar-refractivity contribution in [2.75, 3.05) is 0 Å². The van der Waals surface area contributed by atoms with Gasteiger partial charge in [0.05, 0.1) is 3.79 Å². The van der Waals surface area contributed by atoms with Gasteiger partial charge in [-0.15, -0.1) is 11.3 Å². The summed E-state index contributed by atoms with van der Waals surface area (Å²) in [6.07, 6.45) is 10.2. The Hall–Kier alpha value is 0.140. The van der Waals surface area contributed by atoms with Crippen molar-refractivity contribution in [2.24, 2.45) is 28.9 Å². The summed E-state index contributed by atoms with van der Waals surface area (Å²) in [5.41, 5.74) is 8.52. The average molecular weight is 354 g/mol. The minimum Gasteiger partial charge on any atom is -0.323 e. The van der Waals surface area contributed by atoms with Crippen LogP contribution in [0.4, 0.5) is 0 Å². The third-order valence-electron chi connectivity index (χ3n) is 6.06. The van der Waals surface area contributed by atoms with Gasteiger partial charge in [0.15, 0.2) is 0 Å². The van der Waals surface area contributed by atoms with E-state index in [4.69, 9.17) is 5.73 Å². The second-order valence-electron chi connectivity index (χ2n) is 7.83. The van der Waals surface area contributed by atoms with Crippen molar-refractivity contribution >= 4 is 27.3 Å². The van der Waals surface area contributed by atoms with E-state index >= 15 is 0 Å². The molecule has 1 nitrogen and oxygen atoms in total. The number of aryl methyl sites for hydroxylation is 1. The second kappa shape index (κ2) is 4.82. The number of thiophene rings is 1. The van der Waals surface area contributed by atoms with Gasteiger partial charge < -0.3 is 5.73 Å². The first-order chi connectivity index (χ1) is 9.53. The Morgan fingerprint density at radius 2 is 1.80 bits per heavy atom. The second-order valence-corrected chi connectivity index (χ2v) is 10.2. The molecule has 4 saturated carbocycles. The van der Waals surface area contributed by atoms with Crippen molar-refractivity contribution in [3.63, 3.8) is 0 Å². The molecular weight excluding hydrogens is 330 g/mol. The van der Waals surface area contributed by atoms with E-state index in [1.165, 1.54) is 59.2 Å². The highest BCUT2D eigenvalue weighted by Crippen LogP contribution is 2.62. The van der Waals surface area contributed by atoms with Crippen molar-refractivity contribution < 1.29 is 0 Å². The fourth-order valence-corrected chi connectivity index (χ4v) is 7.35. The van der Waals surface area contributed by atoms with Crippen LogP contribution in [0, 0.1) is 30.1 Å². The van der Waals surface area contributed by atoms with Crippen LogP contribution in [0.3, 0.4) is 0 Å². The van der Waals surface area contributed by atoms with Crippen LogP contribution in [0.15, 0.2) is 9.85 Å². The Labute approximate surface area is 134 Å². The molecule has 0 spiro atoms. The third-order valence-corrected chi connectivity index (χ3v) is 8.33. The van der Waals surface area contributed by atoms with Gasteiger partial charge >= 0.3 is 0 Å². The molecule has 0 radical (unpaired) electrons. The zero-order valence-electron chi connectivity index (χ0n) is 12.2. The lowest BCUT2D eigenvalue weighted by atomic mass is 9.48. The molecule has 20 heavy (non-hydrogen) atoms. The maximum atomic E-state index is 6.59. The van der Waals surface area contributed by atoms with Crippen molar-refractivity contribution in [2.45, 2.75) is 57.9 Å². The van der Waals surface area contributed by atoms with E-state index in [0.29, 0.717) is 5.41 Å². The smallest absolute Gasteiger partial charge is 0.0731 e. The Balaban J connectivity index is 1.53. The predicted molar refractivity (Wildman–Crippen MR) is 88.9 cm³/mol. The summed E-state index contributed by atoms with van der Waals surface area (Å²) in [4.78, 5) is 1.38. The average Bonchev–Trinajstić information content (AvgIpc) is 2.67. The minimum atomic E-state index is 0.251. The lowest BCUT2D eigenvalue weighted by molar-refractivity contribution is -0.0603. The zero-order chi connectivity index (χ0) is 13.9. The van der Waals surface area contributed by atoms with Gasteiger partial charge in [-0.3, -0.25) is 0 Å². The maximum Gasteiger partial charge on any atom is 0.0731 e. The van der Waals surface area contributed by atoms with Crippen LogP contribution >= 0.6 is 27.3 Å². The number of nitrogens with two attached hydrogens (primary N) is 1. The highest BCUT2D eigenvalue weighted by Gasteiger charge is 2.51. The van der Waals surface area contributed by atoms with E-state index in [2.05, 4.69) is 28.9 Å². The molecule has 1 unspecified atom stereocenters. The van der Waals surface area contributed by atoms with E-state index in [1.54, 1.807) is 0 Å². The molecule has 1 heterocycles. The molecule has 0 saturated heterocycles. The normalized spacial score (nSPS) is 40.2. The lowest BCUT2D eigenvalue weighted by Gasteiger charge is -2.57. The summed E-state index contributed by atoms with van der Waals surface area (Å²) in [6, 6.07) is 2.54. The zero-order valence-corrected chi connectivity index (χ0v) is 14.6. The summed E-state index contributed by atoms with van der Waals surface area (Å²) < 4.78 is 1.26. The van der Waals surface area contributed by atoms with Crippen LogP contribution in [-0.4, -0.2) is 0 Å². The van der Waals surface area contributed by atoms with Crippen LogP contribution in [0.1, 0.15) is 61.4 Å². The molecule has 1 atom stereocenters. The summed E-state index contributed by atoms with van der Waals surface area (Å²) in [5.74, 6) is 3.10. The van der Waals surface area contributed by atoms with Crippen molar-refractivity contribution in [3.05, 3.63) is 20.3 Å². The molecule has 4 aliphatic rings. The molecular formula is C17H24BrNS. The number of hydrogen-bond donors (Lipinski definition) is 1. The van der Waals surface area contributed by atoms with Crippen molar-refractivity contribution in [1.82, 2.24) is 0 Å². The Bertz CT molecular complexity index is 466. The fourth-order valence-electron chi connectivity index (χ4n) is 5.77. The Morgan fingerprint density at radius 3 is 2.25 bits per heavy atom. The van der Waals surface area contributed by atoms with E-state index in [1.807, 2.05) is 11.3 Å². The summed E-state index contributed by atoms with van der Waals surface area (Å²) in [6.45, 7) is 2.17. The first-order valence-electron chi connectivity index (χ1n) is 8.04. The Kier molecular flexibility index (Phi) is 3.32. The van der Waals surface area contributed by atoms with Crippen LogP contribution in [0.25, 0.3) is 0 Å². The minimum absolute atomic E-state index is 0.251. The molecule has 0 aromatic carbocycles. The van der Waals surface area contributed by atoms with Crippen LogP contribution in [0.5, 0.6) is 0 Å². The number of hydrogen-bond acceptors (Lipinski definition) is 2. The fraction of sp³-hybridized carbons (Fsp3) is 0.765. The molecule has 0 amide bonds. The van der Waals surface area contributed by atoms with Gasteiger partial charge in [-0.05, 0) is 103 Å². The van der Waals surface area contributed by atoms with Crippen molar-refractivity contribution in [1.29, 1.82) is 0 Å².